The Morgan fingerprint density at radius 1 is 1.18 bits per heavy atom. The van der Waals surface area contributed by atoms with E-state index in [0.29, 0.717) is 11.0 Å². The summed E-state index contributed by atoms with van der Waals surface area (Å²) in [6.07, 6.45) is 3.52. The Morgan fingerprint density at radius 3 is 2.59 bits per heavy atom. The third-order valence-corrected chi connectivity index (χ3v) is 4.00. The van der Waals surface area contributed by atoms with E-state index in [9.17, 15) is 0 Å². The maximum Gasteiger partial charge on any atom is 0.222 e. The monoisotopic (exact) mass is 321 g/mol. The van der Waals surface area contributed by atoms with Crippen molar-refractivity contribution in [3.8, 4) is 0 Å². The van der Waals surface area contributed by atoms with E-state index in [1.165, 1.54) is 0 Å². The molecule has 0 radical (unpaired) electrons. The molecule has 3 rings (SSSR count). The first-order valence-electron chi connectivity index (χ1n) is 7.36. The van der Waals surface area contributed by atoms with E-state index in [-0.39, 0.29) is 0 Å². The number of halogens is 1. The fourth-order valence-electron chi connectivity index (χ4n) is 2.64. The third kappa shape index (κ3) is 3.66. The molecule has 2 aromatic rings. The lowest BCUT2D eigenvalue weighted by atomic mass is 10.3. The number of rotatable bonds is 4. The summed E-state index contributed by atoms with van der Waals surface area (Å²) in [5.74, 6) is 1.26. The minimum atomic E-state index is 0.341. The molecular formula is C14H20ClN7. The van der Waals surface area contributed by atoms with Crippen molar-refractivity contribution in [3.05, 3.63) is 29.2 Å². The molecule has 8 heteroatoms. The summed E-state index contributed by atoms with van der Waals surface area (Å²) in [6.45, 7) is 7.64. The molecule has 0 bridgehead atoms. The summed E-state index contributed by atoms with van der Waals surface area (Å²) in [6, 6.07) is 1.98. The van der Waals surface area contributed by atoms with Crippen molar-refractivity contribution in [1.82, 2.24) is 24.6 Å². The molecule has 0 aromatic carbocycles. The first-order valence-corrected chi connectivity index (χ1v) is 7.74. The largest absolute Gasteiger partial charge is 0.368 e. The second-order valence-corrected chi connectivity index (χ2v) is 5.91. The van der Waals surface area contributed by atoms with Gasteiger partial charge in [0.2, 0.25) is 5.95 Å². The van der Waals surface area contributed by atoms with Crippen LogP contribution in [0.25, 0.3) is 0 Å². The van der Waals surface area contributed by atoms with Gasteiger partial charge < -0.3 is 10.6 Å². The average molecular weight is 322 g/mol. The van der Waals surface area contributed by atoms with E-state index in [1.54, 1.807) is 6.20 Å². The molecule has 1 aliphatic heterocycles. The summed E-state index contributed by atoms with van der Waals surface area (Å²) in [5, 5.41) is 4.88. The second-order valence-electron chi connectivity index (χ2n) is 5.48. The predicted octanol–water partition coefficient (Wildman–Crippen LogP) is 1.04. The van der Waals surface area contributed by atoms with Gasteiger partial charge in [-0.1, -0.05) is 11.6 Å². The van der Waals surface area contributed by atoms with Crippen LogP contribution in [0, 0.1) is 6.92 Å². The Bertz CT molecular complexity index is 614. The summed E-state index contributed by atoms with van der Waals surface area (Å²) in [7, 11) is 0. The quantitative estimate of drug-likeness (QED) is 0.906. The van der Waals surface area contributed by atoms with E-state index in [4.69, 9.17) is 17.3 Å². The third-order valence-electron chi connectivity index (χ3n) is 3.80. The highest BCUT2D eigenvalue weighted by atomic mass is 35.5. The van der Waals surface area contributed by atoms with Crippen molar-refractivity contribution in [2.45, 2.75) is 13.5 Å². The molecule has 0 saturated carbocycles. The van der Waals surface area contributed by atoms with Crippen LogP contribution < -0.4 is 10.6 Å². The Kier molecular flexibility index (Phi) is 4.44. The number of aryl methyl sites for hydroxylation is 1. The van der Waals surface area contributed by atoms with Gasteiger partial charge in [0.1, 0.15) is 5.82 Å². The minimum Gasteiger partial charge on any atom is -0.368 e. The summed E-state index contributed by atoms with van der Waals surface area (Å²) >= 11 is 5.87. The van der Waals surface area contributed by atoms with Crippen molar-refractivity contribution in [3.63, 3.8) is 0 Å². The van der Waals surface area contributed by atoms with Gasteiger partial charge in [-0.2, -0.15) is 10.1 Å². The average Bonchev–Trinajstić information content (AvgIpc) is 2.90. The summed E-state index contributed by atoms with van der Waals surface area (Å²) in [5.41, 5.74) is 6.63. The highest BCUT2D eigenvalue weighted by molar-refractivity contribution is 6.30. The molecule has 1 aliphatic rings. The smallest absolute Gasteiger partial charge is 0.222 e. The molecule has 0 amide bonds. The van der Waals surface area contributed by atoms with Crippen LogP contribution in [0.1, 0.15) is 5.69 Å². The maximum atomic E-state index is 5.87. The van der Waals surface area contributed by atoms with Gasteiger partial charge in [-0.05, 0) is 6.92 Å². The minimum absolute atomic E-state index is 0.341. The van der Waals surface area contributed by atoms with E-state index in [1.807, 2.05) is 23.9 Å². The molecule has 0 atom stereocenters. The molecule has 2 N–H and O–H groups in total. The molecular weight excluding hydrogens is 302 g/mol. The van der Waals surface area contributed by atoms with Crippen LogP contribution >= 0.6 is 11.6 Å². The zero-order valence-electron chi connectivity index (χ0n) is 12.6. The molecule has 2 aromatic heterocycles. The highest BCUT2D eigenvalue weighted by Gasteiger charge is 2.18. The van der Waals surface area contributed by atoms with Crippen LogP contribution in [0.2, 0.25) is 5.02 Å². The van der Waals surface area contributed by atoms with Gasteiger partial charge in [0.25, 0.3) is 0 Å². The Morgan fingerprint density at radius 2 is 1.95 bits per heavy atom. The van der Waals surface area contributed by atoms with Crippen molar-refractivity contribution in [2.24, 2.45) is 0 Å². The van der Waals surface area contributed by atoms with Gasteiger partial charge in [0.15, 0.2) is 0 Å². The molecule has 3 heterocycles. The van der Waals surface area contributed by atoms with Crippen LogP contribution in [-0.2, 0) is 6.54 Å². The lowest BCUT2D eigenvalue weighted by molar-refractivity contribution is 0.244. The van der Waals surface area contributed by atoms with E-state index >= 15 is 0 Å². The fourth-order valence-corrected chi connectivity index (χ4v) is 2.80. The van der Waals surface area contributed by atoms with Crippen LogP contribution in [0.15, 0.2) is 18.5 Å². The number of hydrogen-bond acceptors (Lipinski definition) is 6. The van der Waals surface area contributed by atoms with Gasteiger partial charge in [0, 0.05) is 50.7 Å². The van der Waals surface area contributed by atoms with Gasteiger partial charge in [0.05, 0.1) is 17.8 Å². The second kappa shape index (κ2) is 6.50. The molecule has 7 nitrogen and oxygen atoms in total. The topological polar surface area (TPSA) is 76.1 Å². The number of aromatic nitrogens is 4. The van der Waals surface area contributed by atoms with Gasteiger partial charge >= 0.3 is 0 Å². The van der Waals surface area contributed by atoms with Crippen molar-refractivity contribution < 1.29 is 0 Å². The Hall–Kier alpha value is -1.86. The number of nitrogen functional groups attached to an aromatic ring is 1. The van der Waals surface area contributed by atoms with Crippen molar-refractivity contribution in [2.75, 3.05) is 43.4 Å². The molecule has 1 saturated heterocycles. The van der Waals surface area contributed by atoms with E-state index in [2.05, 4.69) is 24.9 Å². The molecule has 0 aliphatic carbocycles. The van der Waals surface area contributed by atoms with Crippen LogP contribution in [0.5, 0.6) is 0 Å². The number of nitrogens with two attached hydrogens (primary N) is 1. The predicted molar refractivity (Wildman–Crippen MR) is 87.1 cm³/mol. The van der Waals surface area contributed by atoms with E-state index in [0.717, 1.165) is 50.8 Å². The van der Waals surface area contributed by atoms with Gasteiger partial charge in [-0.25, -0.2) is 4.98 Å². The Balaban J connectivity index is 1.51. The van der Waals surface area contributed by atoms with Crippen LogP contribution in [-0.4, -0.2) is 57.4 Å². The first-order chi connectivity index (χ1) is 10.6. The van der Waals surface area contributed by atoms with Crippen molar-refractivity contribution >= 4 is 23.4 Å². The number of piperazine rings is 1. The molecule has 0 spiro atoms. The maximum absolute atomic E-state index is 5.87. The van der Waals surface area contributed by atoms with Crippen LogP contribution in [0.4, 0.5) is 11.8 Å². The lowest BCUT2D eigenvalue weighted by Crippen LogP contribution is -2.47. The lowest BCUT2D eigenvalue weighted by Gasteiger charge is -2.35. The zero-order chi connectivity index (χ0) is 15.5. The Labute approximate surface area is 134 Å². The number of hydrogen-bond donors (Lipinski definition) is 1. The van der Waals surface area contributed by atoms with E-state index < -0.39 is 0 Å². The number of anilines is 2. The number of nitrogens with zero attached hydrogens (tertiary/aromatic N) is 6. The first kappa shape index (κ1) is 15.1. The van der Waals surface area contributed by atoms with Crippen LogP contribution in [0.3, 0.4) is 0 Å². The normalized spacial score (nSPS) is 16.2. The summed E-state index contributed by atoms with van der Waals surface area (Å²) in [4.78, 5) is 13.1. The summed E-state index contributed by atoms with van der Waals surface area (Å²) < 4.78 is 1.88. The fraction of sp³-hybridized carbons (Fsp3) is 0.500. The SMILES string of the molecule is Cc1cc(N2CCN(CCn3cc(Cl)cn3)CC2)nc(N)n1. The van der Waals surface area contributed by atoms with Crippen molar-refractivity contribution in [1.29, 1.82) is 0 Å². The molecule has 22 heavy (non-hydrogen) atoms. The van der Waals surface area contributed by atoms with Gasteiger partial charge in [-0.3, -0.25) is 9.58 Å². The molecule has 1 fully saturated rings. The molecule has 118 valence electrons. The standard InChI is InChI=1S/C14H20ClN7/c1-11-8-13(19-14(16)18-11)21-5-2-20(3-6-21)4-7-22-10-12(15)9-17-22/h8-10H,2-7H2,1H3,(H2,16,18,19). The zero-order valence-corrected chi connectivity index (χ0v) is 13.4. The highest BCUT2D eigenvalue weighted by Crippen LogP contribution is 2.15. The van der Waals surface area contributed by atoms with Gasteiger partial charge in [-0.15, -0.1) is 0 Å². The molecule has 0 unspecified atom stereocenters.